The van der Waals surface area contributed by atoms with Gasteiger partial charge < -0.3 is 10.1 Å². The van der Waals surface area contributed by atoms with Crippen LogP contribution in [0.25, 0.3) is 17.1 Å². The fraction of sp³-hybridized carbons (Fsp3) is 0.348. The number of carbonyl (C=O) groups excluding carboxylic acids is 1. The Hall–Kier alpha value is -3.15. The second kappa shape index (κ2) is 8.47. The Morgan fingerprint density at radius 1 is 1.07 bits per heavy atom. The van der Waals surface area contributed by atoms with E-state index in [1.54, 1.807) is 11.8 Å². The number of amides is 1. The third-order valence-corrected chi connectivity index (χ3v) is 5.51. The van der Waals surface area contributed by atoms with Gasteiger partial charge in [0.05, 0.1) is 12.8 Å². The number of hydrogen-bond acceptors (Lipinski definition) is 4. The van der Waals surface area contributed by atoms with Gasteiger partial charge in [-0.2, -0.15) is 4.98 Å². The highest BCUT2D eigenvalue weighted by Crippen LogP contribution is 2.28. The van der Waals surface area contributed by atoms with Crippen molar-refractivity contribution in [3.63, 3.8) is 0 Å². The minimum Gasteiger partial charge on any atom is -0.466 e. The molecule has 1 fully saturated rings. The van der Waals surface area contributed by atoms with Gasteiger partial charge in [-0.05, 0) is 49.6 Å². The molecule has 0 bridgehead atoms. The summed E-state index contributed by atoms with van der Waals surface area (Å²) in [5.41, 5.74) is 3.77. The molecule has 1 aliphatic carbocycles. The number of hydrogen-bond donors (Lipinski definition) is 1. The number of aromatic nitrogens is 3. The van der Waals surface area contributed by atoms with E-state index in [4.69, 9.17) is 4.74 Å². The summed E-state index contributed by atoms with van der Waals surface area (Å²) in [6.45, 7) is 2.05. The molecule has 0 saturated heterocycles. The standard InChI is InChI=1S/C23H26N4O2/c1-16-8-6-7-11-20(16)21-25-23(29-2)26-27(21)19-14-12-18(13-15-19)24-22(28)17-9-4-3-5-10-17/h6-8,11-15,17H,3-5,9-10H2,1-2H3,(H,24,28). The van der Waals surface area contributed by atoms with E-state index in [-0.39, 0.29) is 11.8 Å². The maximum absolute atomic E-state index is 12.5. The fourth-order valence-electron chi connectivity index (χ4n) is 3.85. The third-order valence-electron chi connectivity index (χ3n) is 5.51. The van der Waals surface area contributed by atoms with Crippen molar-refractivity contribution >= 4 is 11.6 Å². The van der Waals surface area contributed by atoms with Crippen molar-refractivity contribution in [3.8, 4) is 23.1 Å². The first kappa shape index (κ1) is 19.2. The van der Waals surface area contributed by atoms with Crippen molar-refractivity contribution in [3.05, 3.63) is 54.1 Å². The Bertz CT molecular complexity index is 988. The molecule has 1 aliphatic rings. The molecule has 0 aliphatic heterocycles. The average molecular weight is 390 g/mol. The van der Waals surface area contributed by atoms with Crippen molar-refractivity contribution in [1.82, 2.24) is 14.8 Å². The highest BCUT2D eigenvalue weighted by Gasteiger charge is 2.21. The van der Waals surface area contributed by atoms with Gasteiger partial charge in [-0.15, -0.1) is 5.10 Å². The molecule has 0 unspecified atom stereocenters. The Labute approximate surface area is 170 Å². The lowest BCUT2D eigenvalue weighted by Gasteiger charge is -2.20. The molecule has 1 aromatic heterocycles. The smallest absolute Gasteiger partial charge is 0.336 e. The molecule has 0 spiro atoms. The molecule has 6 heteroatoms. The van der Waals surface area contributed by atoms with Crippen LogP contribution in [0.1, 0.15) is 37.7 Å². The Morgan fingerprint density at radius 3 is 2.48 bits per heavy atom. The van der Waals surface area contributed by atoms with Gasteiger partial charge in [0.1, 0.15) is 0 Å². The van der Waals surface area contributed by atoms with Gasteiger partial charge in [0.15, 0.2) is 5.82 Å². The molecule has 3 aromatic rings. The molecular formula is C23H26N4O2. The normalized spacial score (nSPS) is 14.6. The number of aryl methyl sites for hydroxylation is 1. The monoisotopic (exact) mass is 390 g/mol. The second-order valence-electron chi connectivity index (χ2n) is 7.52. The molecule has 1 N–H and O–H groups in total. The number of methoxy groups -OCH3 is 1. The van der Waals surface area contributed by atoms with Crippen molar-refractivity contribution in [1.29, 1.82) is 0 Å². The summed E-state index contributed by atoms with van der Waals surface area (Å²) in [6.07, 6.45) is 5.51. The van der Waals surface area contributed by atoms with E-state index in [0.717, 1.165) is 54.0 Å². The maximum Gasteiger partial charge on any atom is 0.336 e. The number of ether oxygens (including phenoxy) is 1. The van der Waals surface area contributed by atoms with E-state index in [2.05, 4.69) is 15.4 Å². The SMILES string of the molecule is COc1nc(-c2ccccc2C)n(-c2ccc(NC(=O)C3CCCCC3)cc2)n1. The minimum atomic E-state index is 0.125. The molecule has 2 aromatic carbocycles. The molecule has 0 atom stereocenters. The van der Waals surface area contributed by atoms with Gasteiger partial charge >= 0.3 is 6.01 Å². The summed E-state index contributed by atoms with van der Waals surface area (Å²) in [6, 6.07) is 16.1. The molecule has 0 radical (unpaired) electrons. The summed E-state index contributed by atoms with van der Waals surface area (Å²) in [7, 11) is 1.56. The zero-order valence-corrected chi connectivity index (χ0v) is 16.9. The Kier molecular flexibility index (Phi) is 5.60. The third kappa shape index (κ3) is 4.16. The van der Waals surface area contributed by atoms with Crippen LogP contribution in [0.5, 0.6) is 6.01 Å². The van der Waals surface area contributed by atoms with Crippen LogP contribution < -0.4 is 10.1 Å². The molecule has 1 saturated carbocycles. The lowest BCUT2D eigenvalue weighted by Crippen LogP contribution is -2.24. The van der Waals surface area contributed by atoms with Crippen molar-refractivity contribution in [2.24, 2.45) is 5.92 Å². The van der Waals surface area contributed by atoms with Crippen LogP contribution in [0.3, 0.4) is 0 Å². The van der Waals surface area contributed by atoms with Crippen LogP contribution in [-0.4, -0.2) is 27.8 Å². The first-order chi connectivity index (χ1) is 14.2. The number of rotatable bonds is 5. The zero-order valence-electron chi connectivity index (χ0n) is 16.9. The first-order valence-corrected chi connectivity index (χ1v) is 10.1. The minimum absolute atomic E-state index is 0.125. The average Bonchev–Trinajstić information content (AvgIpc) is 3.19. The van der Waals surface area contributed by atoms with E-state index < -0.39 is 0 Å². The Balaban J connectivity index is 1.58. The van der Waals surface area contributed by atoms with Gasteiger partial charge in [-0.3, -0.25) is 4.79 Å². The topological polar surface area (TPSA) is 69.0 Å². The van der Waals surface area contributed by atoms with Crippen LogP contribution in [0, 0.1) is 12.8 Å². The molecule has 4 rings (SSSR count). The van der Waals surface area contributed by atoms with Gasteiger partial charge in [0, 0.05) is 17.2 Å². The Morgan fingerprint density at radius 2 is 1.79 bits per heavy atom. The van der Waals surface area contributed by atoms with Crippen LogP contribution in [0.2, 0.25) is 0 Å². The molecular weight excluding hydrogens is 364 g/mol. The number of anilines is 1. The zero-order chi connectivity index (χ0) is 20.2. The van der Waals surface area contributed by atoms with E-state index in [1.165, 1.54) is 6.42 Å². The number of benzene rings is 2. The van der Waals surface area contributed by atoms with Crippen molar-refractivity contribution in [2.75, 3.05) is 12.4 Å². The summed E-state index contributed by atoms with van der Waals surface area (Å²) >= 11 is 0. The van der Waals surface area contributed by atoms with Crippen molar-refractivity contribution < 1.29 is 9.53 Å². The lowest BCUT2D eigenvalue weighted by atomic mass is 9.88. The molecule has 1 heterocycles. The van der Waals surface area contributed by atoms with Crippen LogP contribution >= 0.6 is 0 Å². The van der Waals surface area contributed by atoms with Gasteiger partial charge in [-0.1, -0.05) is 43.5 Å². The summed E-state index contributed by atoms with van der Waals surface area (Å²) < 4.78 is 7.03. The predicted octanol–water partition coefficient (Wildman–Crippen LogP) is 4.77. The first-order valence-electron chi connectivity index (χ1n) is 10.1. The molecule has 6 nitrogen and oxygen atoms in total. The van der Waals surface area contributed by atoms with Gasteiger partial charge in [-0.25, -0.2) is 4.68 Å². The predicted molar refractivity (Wildman–Crippen MR) is 113 cm³/mol. The molecule has 1 amide bonds. The summed E-state index contributed by atoms with van der Waals surface area (Å²) in [4.78, 5) is 17.0. The lowest BCUT2D eigenvalue weighted by molar-refractivity contribution is -0.120. The van der Waals surface area contributed by atoms with Gasteiger partial charge in [0.2, 0.25) is 5.91 Å². The van der Waals surface area contributed by atoms with E-state index >= 15 is 0 Å². The number of nitrogens with zero attached hydrogens (tertiary/aromatic N) is 3. The molecule has 29 heavy (non-hydrogen) atoms. The maximum atomic E-state index is 12.5. The van der Waals surface area contributed by atoms with Crippen LogP contribution in [0.15, 0.2) is 48.5 Å². The van der Waals surface area contributed by atoms with E-state index in [9.17, 15) is 4.79 Å². The summed E-state index contributed by atoms with van der Waals surface area (Å²) in [5, 5.41) is 7.53. The molecule has 150 valence electrons. The van der Waals surface area contributed by atoms with E-state index in [0.29, 0.717) is 6.01 Å². The van der Waals surface area contributed by atoms with Crippen molar-refractivity contribution in [2.45, 2.75) is 39.0 Å². The highest BCUT2D eigenvalue weighted by atomic mass is 16.5. The quantitative estimate of drug-likeness (QED) is 0.681. The van der Waals surface area contributed by atoms with Gasteiger partial charge in [0.25, 0.3) is 0 Å². The number of carbonyl (C=O) groups is 1. The highest BCUT2D eigenvalue weighted by molar-refractivity contribution is 5.92. The van der Waals surface area contributed by atoms with E-state index in [1.807, 2.05) is 55.5 Å². The van der Waals surface area contributed by atoms with Crippen LogP contribution in [0.4, 0.5) is 5.69 Å². The number of nitrogens with one attached hydrogen (secondary N) is 1. The van der Waals surface area contributed by atoms with Crippen LogP contribution in [-0.2, 0) is 4.79 Å². The second-order valence-corrected chi connectivity index (χ2v) is 7.52. The largest absolute Gasteiger partial charge is 0.466 e. The summed E-state index contributed by atoms with van der Waals surface area (Å²) in [5.74, 6) is 0.982. The fourth-order valence-corrected chi connectivity index (χ4v) is 3.85.